The number of benzene rings is 1. The van der Waals surface area contributed by atoms with Gasteiger partial charge in [-0.3, -0.25) is 0 Å². The highest BCUT2D eigenvalue weighted by molar-refractivity contribution is 7.99. The average Bonchev–Trinajstić information content (AvgIpc) is 2.61. The highest BCUT2D eigenvalue weighted by Crippen LogP contribution is 2.44. The number of fused-ring (bicyclic) bond motifs is 1. The van der Waals surface area contributed by atoms with Crippen LogP contribution < -0.4 is 5.32 Å². The van der Waals surface area contributed by atoms with Gasteiger partial charge in [0.1, 0.15) is 0 Å². The van der Waals surface area contributed by atoms with Crippen molar-refractivity contribution in [3.63, 3.8) is 0 Å². The summed E-state index contributed by atoms with van der Waals surface area (Å²) in [7, 11) is 2.04. The van der Waals surface area contributed by atoms with Crippen LogP contribution in [-0.4, -0.2) is 19.3 Å². The third-order valence-corrected chi connectivity index (χ3v) is 4.50. The first kappa shape index (κ1) is 12.0. The van der Waals surface area contributed by atoms with E-state index in [1.807, 2.05) is 18.8 Å². The molecule has 0 saturated carbocycles. The summed E-state index contributed by atoms with van der Waals surface area (Å²) >= 11 is 2.01. The van der Waals surface area contributed by atoms with E-state index >= 15 is 0 Å². The summed E-state index contributed by atoms with van der Waals surface area (Å²) in [6.07, 6.45) is 1.28. The molecule has 0 radical (unpaired) electrons. The second kappa shape index (κ2) is 4.80. The van der Waals surface area contributed by atoms with Gasteiger partial charge < -0.3 is 5.32 Å². The van der Waals surface area contributed by atoms with Crippen LogP contribution in [0.4, 0.5) is 0 Å². The van der Waals surface area contributed by atoms with Crippen molar-refractivity contribution in [3.8, 4) is 0 Å². The minimum atomic E-state index is 0.386. The fourth-order valence-corrected chi connectivity index (χ4v) is 3.87. The first-order valence-corrected chi connectivity index (χ1v) is 6.97. The molecule has 1 aromatic carbocycles. The Morgan fingerprint density at radius 3 is 2.88 bits per heavy atom. The van der Waals surface area contributed by atoms with Gasteiger partial charge in [0.15, 0.2) is 0 Å². The molecule has 1 heterocycles. The van der Waals surface area contributed by atoms with Gasteiger partial charge in [0.25, 0.3) is 0 Å². The molecule has 2 rings (SSSR count). The van der Waals surface area contributed by atoms with Crippen LogP contribution in [0.3, 0.4) is 0 Å². The monoisotopic (exact) mass is 235 g/mol. The van der Waals surface area contributed by atoms with Gasteiger partial charge in [-0.15, -0.1) is 11.8 Å². The quantitative estimate of drug-likeness (QED) is 0.857. The molecule has 0 aromatic heterocycles. The SMILES string of the molecule is CNCC(C)(C)CC1CSc2ccccc21. The fraction of sp³-hybridized carbons (Fsp3) is 0.571. The van der Waals surface area contributed by atoms with Crippen LogP contribution in [0.25, 0.3) is 0 Å². The molecule has 1 aliphatic rings. The first-order chi connectivity index (χ1) is 7.62. The molecule has 0 amide bonds. The molecule has 0 saturated heterocycles. The predicted octanol–water partition coefficient (Wildman–Crippen LogP) is 3.51. The van der Waals surface area contributed by atoms with E-state index in [1.54, 1.807) is 5.56 Å². The Labute approximate surface area is 103 Å². The molecule has 1 N–H and O–H groups in total. The molecule has 0 aliphatic carbocycles. The summed E-state index contributed by atoms with van der Waals surface area (Å²) in [5, 5.41) is 3.30. The maximum absolute atomic E-state index is 3.30. The number of nitrogens with one attached hydrogen (secondary N) is 1. The minimum absolute atomic E-state index is 0.386. The lowest BCUT2D eigenvalue weighted by atomic mass is 9.81. The Morgan fingerprint density at radius 2 is 2.12 bits per heavy atom. The summed E-state index contributed by atoms with van der Waals surface area (Å²) < 4.78 is 0. The van der Waals surface area contributed by atoms with E-state index in [1.165, 1.54) is 17.1 Å². The summed E-state index contributed by atoms with van der Waals surface area (Å²) in [6.45, 7) is 5.81. The highest BCUT2D eigenvalue weighted by atomic mass is 32.2. The Bertz CT molecular complexity index is 360. The Hall–Kier alpha value is -0.470. The van der Waals surface area contributed by atoms with E-state index in [2.05, 4.69) is 43.4 Å². The number of thioether (sulfide) groups is 1. The number of hydrogen-bond donors (Lipinski definition) is 1. The third kappa shape index (κ3) is 2.61. The number of hydrogen-bond acceptors (Lipinski definition) is 2. The van der Waals surface area contributed by atoms with Gasteiger partial charge in [-0.25, -0.2) is 0 Å². The first-order valence-electron chi connectivity index (χ1n) is 5.99. The Morgan fingerprint density at radius 1 is 1.38 bits per heavy atom. The third-order valence-electron chi connectivity index (χ3n) is 3.25. The summed E-state index contributed by atoms with van der Waals surface area (Å²) in [4.78, 5) is 1.49. The van der Waals surface area contributed by atoms with Crippen molar-refractivity contribution in [1.29, 1.82) is 0 Å². The molecule has 1 aliphatic heterocycles. The van der Waals surface area contributed by atoms with Crippen molar-refractivity contribution in [2.45, 2.75) is 31.1 Å². The molecular formula is C14H21NS. The van der Waals surface area contributed by atoms with Gasteiger partial charge >= 0.3 is 0 Å². The molecule has 0 spiro atoms. The van der Waals surface area contributed by atoms with Crippen molar-refractivity contribution in [2.24, 2.45) is 5.41 Å². The summed E-state index contributed by atoms with van der Waals surface area (Å²) in [5.41, 5.74) is 1.95. The standard InChI is InChI=1S/C14H21NS/c1-14(2,10-15-3)8-11-9-16-13-7-5-4-6-12(11)13/h4-7,11,15H,8-10H2,1-3H3. The van der Waals surface area contributed by atoms with Gasteiger partial charge in [-0.2, -0.15) is 0 Å². The van der Waals surface area contributed by atoms with E-state index in [0.717, 1.165) is 12.5 Å². The topological polar surface area (TPSA) is 12.0 Å². The molecule has 16 heavy (non-hydrogen) atoms. The lowest BCUT2D eigenvalue weighted by molar-refractivity contribution is 0.304. The second-order valence-corrected chi connectivity index (χ2v) is 6.51. The zero-order chi connectivity index (χ0) is 11.6. The van der Waals surface area contributed by atoms with Crippen LogP contribution in [0.1, 0.15) is 31.7 Å². The van der Waals surface area contributed by atoms with Crippen molar-refractivity contribution >= 4 is 11.8 Å². The van der Waals surface area contributed by atoms with Crippen LogP contribution >= 0.6 is 11.8 Å². The van der Waals surface area contributed by atoms with Crippen LogP contribution in [0, 0.1) is 5.41 Å². The lowest BCUT2D eigenvalue weighted by Crippen LogP contribution is -2.28. The van der Waals surface area contributed by atoms with Crippen molar-refractivity contribution in [1.82, 2.24) is 5.32 Å². The van der Waals surface area contributed by atoms with E-state index in [4.69, 9.17) is 0 Å². The van der Waals surface area contributed by atoms with E-state index in [9.17, 15) is 0 Å². The maximum Gasteiger partial charge on any atom is 0.0107 e. The van der Waals surface area contributed by atoms with Crippen molar-refractivity contribution < 1.29 is 0 Å². The normalized spacial score (nSPS) is 19.8. The van der Waals surface area contributed by atoms with E-state index < -0.39 is 0 Å². The predicted molar refractivity (Wildman–Crippen MR) is 72.2 cm³/mol. The molecule has 1 nitrogen and oxygen atoms in total. The lowest BCUT2D eigenvalue weighted by Gasteiger charge is -2.27. The molecule has 1 atom stereocenters. The van der Waals surface area contributed by atoms with Crippen LogP contribution in [-0.2, 0) is 0 Å². The highest BCUT2D eigenvalue weighted by Gasteiger charge is 2.28. The van der Waals surface area contributed by atoms with Crippen LogP contribution in [0.5, 0.6) is 0 Å². The maximum atomic E-state index is 3.30. The zero-order valence-corrected chi connectivity index (χ0v) is 11.2. The smallest absolute Gasteiger partial charge is 0.0107 e. The van der Waals surface area contributed by atoms with E-state index in [-0.39, 0.29) is 0 Å². The van der Waals surface area contributed by atoms with Crippen LogP contribution in [0.2, 0.25) is 0 Å². The molecule has 0 bridgehead atoms. The number of rotatable bonds is 4. The van der Waals surface area contributed by atoms with Crippen molar-refractivity contribution in [2.75, 3.05) is 19.3 Å². The van der Waals surface area contributed by atoms with E-state index in [0.29, 0.717) is 5.41 Å². The van der Waals surface area contributed by atoms with Gasteiger partial charge in [-0.1, -0.05) is 32.0 Å². The molecular weight excluding hydrogens is 214 g/mol. The molecule has 88 valence electrons. The zero-order valence-electron chi connectivity index (χ0n) is 10.4. The molecule has 1 unspecified atom stereocenters. The fourth-order valence-electron chi connectivity index (χ4n) is 2.62. The molecule has 2 heteroatoms. The van der Waals surface area contributed by atoms with Crippen molar-refractivity contribution in [3.05, 3.63) is 29.8 Å². The second-order valence-electron chi connectivity index (χ2n) is 5.44. The Kier molecular flexibility index (Phi) is 3.60. The van der Waals surface area contributed by atoms with Gasteiger partial charge in [-0.05, 0) is 43.0 Å². The summed E-state index contributed by atoms with van der Waals surface area (Å²) in [6, 6.07) is 8.87. The minimum Gasteiger partial charge on any atom is -0.319 e. The Balaban J connectivity index is 2.08. The molecule has 0 fully saturated rings. The average molecular weight is 235 g/mol. The van der Waals surface area contributed by atoms with Crippen LogP contribution in [0.15, 0.2) is 29.2 Å². The van der Waals surface area contributed by atoms with Gasteiger partial charge in [0.2, 0.25) is 0 Å². The van der Waals surface area contributed by atoms with Gasteiger partial charge in [0.05, 0.1) is 0 Å². The molecule has 1 aromatic rings. The van der Waals surface area contributed by atoms with Gasteiger partial charge in [0, 0.05) is 10.6 Å². The summed E-state index contributed by atoms with van der Waals surface area (Å²) in [5.74, 6) is 2.00. The largest absolute Gasteiger partial charge is 0.319 e.